The Morgan fingerprint density at radius 3 is 2.12 bits per heavy atom. The van der Waals surface area contributed by atoms with Crippen LogP contribution in [0.1, 0.15) is 52.4 Å². The zero-order valence-corrected chi connectivity index (χ0v) is 23.9. The van der Waals surface area contributed by atoms with Gasteiger partial charge in [-0.25, -0.2) is 0 Å². The first kappa shape index (κ1) is 24.2. The Morgan fingerprint density at radius 2 is 1.29 bits per heavy atom. The van der Waals surface area contributed by atoms with Crippen molar-refractivity contribution in [2.45, 2.75) is 39.0 Å². The van der Waals surface area contributed by atoms with E-state index in [1.54, 1.807) is 5.57 Å². The van der Waals surface area contributed by atoms with E-state index in [1.165, 1.54) is 72.4 Å². The second-order valence-electron chi connectivity index (χ2n) is 11.9. The number of hydrogen-bond donors (Lipinski definition) is 0. The predicted octanol–water partition coefficient (Wildman–Crippen LogP) is 9.98. The highest BCUT2D eigenvalue weighted by molar-refractivity contribution is 6.00. The SMILES string of the molecule is Cc1ccccc1-c1cc(-n2c3c(c4ccccc42)CCC2=C3c3ccccc3C2(C)c2ccccc2)ccc1C. The first-order valence-corrected chi connectivity index (χ1v) is 14.8. The molecule has 198 valence electrons. The molecule has 1 atom stereocenters. The van der Waals surface area contributed by atoms with Gasteiger partial charge in [0.2, 0.25) is 0 Å². The lowest BCUT2D eigenvalue weighted by Gasteiger charge is -2.32. The van der Waals surface area contributed by atoms with E-state index < -0.39 is 0 Å². The molecule has 2 aliphatic carbocycles. The van der Waals surface area contributed by atoms with Crippen molar-refractivity contribution in [3.63, 3.8) is 0 Å². The van der Waals surface area contributed by atoms with Crippen LogP contribution >= 0.6 is 0 Å². The molecule has 0 saturated heterocycles. The van der Waals surface area contributed by atoms with Crippen molar-refractivity contribution in [1.29, 1.82) is 0 Å². The van der Waals surface area contributed by atoms with E-state index in [-0.39, 0.29) is 5.41 Å². The fraction of sp³-hybridized carbons (Fsp3) is 0.150. The average molecular weight is 528 g/mol. The van der Waals surface area contributed by atoms with Crippen LogP contribution in [0.5, 0.6) is 0 Å². The maximum absolute atomic E-state index is 2.56. The lowest BCUT2D eigenvalue weighted by atomic mass is 9.71. The Hall–Kier alpha value is -4.62. The molecule has 0 spiro atoms. The number of aryl methyl sites for hydroxylation is 3. The third-order valence-electron chi connectivity index (χ3n) is 9.75. The lowest BCUT2D eigenvalue weighted by Crippen LogP contribution is -2.25. The summed E-state index contributed by atoms with van der Waals surface area (Å²) in [7, 11) is 0. The molecule has 6 aromatic rings. The Balaban J connectivity index is 1.46. The molecule has 1 heteroatoms. The standard InChI is InChI=1S/C40H33N/c1-26-13-7-8-16-30(26)34-25-29(22-21-27(34)2)41-37-20-12-10-17-31(37)32-23-24-36-38(39(32)41)33-18-9-11-19-35(33)40(36,3)28-14-5-4-6-15-28/h4-22,25H,23-24H2,1-3H3. The quantitative estimate of drug-likeness (QED) is 0.216. The van der Waals surface area contributed by atoms with Crippen LogP contribution in [-0.2, 0) is 11.8 Å². The molecular formula is C40H33N. The summed E-state index contributed by atoms with van der Waals surface area (Å²) in [6.45, 7) is 6.89. The maximum Gasteiger partial charge on any atom is 0.0579 e. The molecule has 1 aromatic heterocycles. The Bertz CT molecular complexity index is 2020. The summed E-state index contributed by atoms with van der Waals surface area (Å²) in [5, 5.41) is 1.37. The van der Waals surface area contributed by atoms with Gasteiger partial charge in [0.15, 0.2) is 0 Å². The smallest absolute Gasteiger partial charge is 0.0579 e. The van der Waals surface area contributed by atoms with Crippen LogP contribution in [0.4, 0.5) is 0 Å². The van der Waals surface area contributed by atoms with Gasteiger partial charge in [-0.1, -0.05) is 103 Å². The minimum absolute atomic E-state index is 0.147. The van der Waals surface area contributed by atoms with Gasteiger partial charge in [-0.2, -0.15) is 0 Å². The highest BCUT2D eigenvalue weighted by atomic mass is 15.0. The highest BCUT2D eigenvalue weighted by Gasteiger charge is 2.45. The van der Waals surface area contributed by atoms with Gasteiger partial charge in [0.1, 0.15) is 0 Å². The normalized spacial score (nSPS) is 17.4. The first-order chi connectivity index (χ1) is 20.1. The molecule has 1 nitrogen and oxygen atoms in total. The number of rotatable bonds is 3. The molecule has 0 fully saturated rings. The molecule has 8 rings (SSSR count). The monoisotopic (exact) mass is 527 g/mol. The number of para-hydroxylation sites is 1. The van der Waals surface area contributed by atoms with Crippen LogP contribution in [0, 0.1) is 13.8 Å². The summed E-state index contributed by atoms with van der Waals surface area (Å²) in [6, 6.07) is 45.0. The molecule has 0 saturated carbocycles. The van der Waals surface area contributed by atoms with Crippen LogP contribution < -0.4 is 0 Å². The largest absolute Gasteiger partial charge is 0.309 e. The Kier molecular flexibility index (Phi) is 5.28. The number of hydrogen-bond acceptors (Lipinski definition) is 0. The fourth-order valence-electron chi connectivity index (χ4n) is 7.71. The van der Waals surface area contributed by atoms with Gasteiger partial charge in [0, 0.05) is 22.1 Å². The number of nitrogens with zero attached hydrogens (tertiary/aromatic N) is 1. The van der Waals surface area contributed by atoms with E-state index in [2.05, 4.69) is 147 Å². The molecule has 41 heavy (non-hydrogen) atoms. The van der Waals surface area contributed by atoms with Crippen molar-refractivity contribution < 1.29 is 0 Å². The number of allylic oxidation sites excluding steroid dienone is 1. The third-order valence-corrected chi connectivity index (χ3v) is 9.75. The minimum Gasteiger partial charge on any atom is -0.309 e. The first-order valence-electron chi connectivity index (χ1n) is 14.8. The number of fused-ring (bicyclic) bond motifs is 6. The van der Waals surface area contributed by atoms with Crippen molar-refractivity contribution in [3.05, 3.63) is 166 Å². The van der Waals surface area contributed by atoms with Crippen molar-refractivity contribution in [3.8, 4) is 16.8 Å². The van der Waals surface area contributed by atoms with Crippen LogP contribution in [0.15, 0.2) is 127 Å². The van der Waals surface area contributed by atoms with Gasteiger partial charge in [0.25, 0.3) is 0 Å². The van der Waals surface area contributed by atoms with Crippen LogP contribution in [0.25, 0.3) is 33.3 Å². The fourth-order valence-corrected chi connectivity index (χ4v) is 7.71. The highest BCUT2D eigenvalue weighted by Crippen LogP contribution is 2.57. The van der Waals surface area contributed by atoms with E-state index in [0.29, 0.717) is 0 Å². The molecule has 1 heterocycles. The van der Waals surface area contributed by atoms with Crippen LogP contribution in [0.3, 0.4) is 0 Å². The van der Waals surface area contributed by atoms with Crippen molar-refractivity contribution in [2.75, 3.05) is 0 Å². The predicted molar refractivity (Wildman–Crippen MR) is 172 cm³/mol. The van der Waals surface area contributed by atoms with Gasteiger partial charge in [-0.05, 0) is 102 Å². The topological polar surface area (TPSA) is 4.93 Å². The second-order valence-corrected chi connectivity index (χ2v) is 11.9. The van der Waals surface area contributed by atoms with Crippen molar-refractivity contribution in [1.82, 2.24) is 4.57 Å². The zero-order chi connectivity index (χ0) is 27.7. The summed E-state index contributed by atoms with van der Waals surface area (Å²) in [5.74, 6) is 0. The molecule has 0 radical (unpaired) electrons. The summed E-state index contributed by atoms with van der Waals surface area (Å²) < 4.78 is 2.56. The van der Waals surface area contributed by atoms with E-state index >= 15 is 0 Å². The average Bonchev–Trinajstić information content (AvgIpc) is 3.49. The third kappa shape index (κ3) is 3.36. The summed E-state index contributed by atoms with van der Waals surface area (Å²) >= 11 is 0. The molecular weight excluding hydrogens is 494 g/mol. The summed E-state index contributed by atoms with van der Waals surface area (Å²) in [6.07, 6.45) is 2.12. The van der Waals surface area contributed by atoms with Crippen molar-refractivity contribution in [2.24, 2.45) is 0 Å². The number of aromatic nitrogens is 1. The zero-order valence-electron chi connectivity index (χ0n) is 23.9. The summed E-state index contributed by atoms with van der Waals surface area (Å²) in [5.41, 5.74) is 17.6. The number of benzene rings is 5. The van der Waals surface area contributed by atoms with Crippen LogP contribution in [-0.4, -0.2) is 4.57 Å². The van der Waals surface area contributed by atoms with Gasteiger partial charge in [-0.3, -0.25) is 0 Å². The van der Waals surface area contributed by atoms with Gasteiger partial charge >= 0.3 is 0 Å². The van der Waals surface area contributed by atoms with Crippen LogP contribution in [0.2, 0.25) is 0 Å². The Labute approximate surface area is 242 Å². The second kappa shape index (κ2) is 8.94. The summed E-state index contributed by atoms with van der Waals surface area (Å²) in [4.78, 5) is 0. The molecule has 0 amide bonds. The Morgan fingerprint density at radius 1 is 0.610 bits per heavy atom. The maximum atomic E-state index is 2.56. The van der Waals surface area contributed by atoms with Gasteiger partial charge in [-0.15, -0.1) is 0 Å². The van der Waals surface area contributed by atoms with Gasteiger partial charge in [0.05, 0.1) is 11.2 Å². The molecule has 2 aliphatic rings. The molecule has 5 aromatic carbocycles. The van der Waals surface area contributed by atoms with Crippen molar-refractivity contribution >= 4 is 16.5 Å². The van der Waals surface area contributed by atoms with E-state index in [1.807, 2.05) is 0 Å². The molecule has 0 aliphatic heterocycles. The molecule has 0 N–H and O–H groups in total. The van der Waals surface area contributed by atoms with E-state index in [0.717, 1.165) is 12.8 Å². The van der Waals surface area contributed by atoms with E-state index in [9.17, 15) is 0 Å². The van der Waals surface area contributed by atoms with E-state index in [4.69, 9.17) is 0 Å². The van der Waals surface area contributed by atoms with Gasteiger partial charge < -0.3 is 4.57 Å². The minimum atomic E-state index is -0.147. The lowest BCUT2D eigenvalue weighted by molar-refractivity contribution is 0.647. The molecule has 0 bridgehead atoms. The molecule has 1 unspecified atom stereocenters.